The number of anilines is 1. The van der Waals surface area contributed by atoms with Gasteiger partial charge in [-0.25, -0.2) is 9.97 Å². The molecule has 0 bridgehead atoms. The summed E-state index contributed by atoms with van der Waals surface area (Å²) in [7, 11) is 0. The van der Waals surface area contributed by atoms with Crippen molar-refractivity contribution in [3.63, 3.8) is 0 Å². The van der Waals surface area contributed by atoms with Crippen LogP contribution in [-0.2, 0) is 0 Å². The number of rotatable bonds is 2. The van der Waals surface area contributed by atoms with Crippen molar-refractivity contribution < 1.29 is 5.11 Å². The molecule has 1 aromatic heterocycles. The number of nitrogens with zero attached hydrogens (tertiary/aromatic N) is 3. The molecule has 0 spiro atoms. The second kappa shape index (κ2) is 6.23. The molecule has 3 rings (SSSR count). The van der Waals surface area contributed by atoms with Gasteiger partial charge in [0.25, 0.3) is 0 Å². The van der Waals surface area contributed by atoms with Gasteiger partial charge in [0.05, 0.1) is 11.1 Å². The maximum Gasteiger partial charge on any atom is 0.163 e. The van der Waals surface area contributed by atoms with Gasteiger partial charge in [-0.2, -0.15) is 0 Å². The third-order valence-corrected chi connectivity index (χ3v) is 4.57. The molecule has 1 fully saturated rings. The zero-order chi connectivity index (χ0) is 15.7. The Morgan fingerprint density at radius 2 is 1.82 bits per heavy atom. The van der Waals surface area contributed by atoms with E-state index in [0.29, 0.717) is 10.8 Å². The fraction of sp³-hybridized carbons (Fsp3) is 0.412. The average Bonchev–Trinajstić information content (AvgIpc) is 2.51. The van der Waals surface area contributed by atoms with E-state index in [1.165, 1.54) is 0 Å². The number of aliphatic hydroxyl groups excluding tert-OH is 1. The molecule has 5 heteroatoms. The lowest BCUT2D eigenvalue weighted by Crippen LogP contribution is -2.37. The number of benzene rings is 1. The van der Waals surface area contributed by atoms with Gasteiger partial charge in [0, 0.05) is 29.9 Å². The van der Waals surface area contributed by atoms with Crippen molar-refractivity contribution in [3.8, 4) is 11.4 Å². The van der Waals surface area contributed by atoms with Crippen molar-refractivity contribution in [1.82, 2.24) is 9.97 Å². The number of hydrogen-bond acceptors (Lipinski definition) is 4. The van der Waals surface area contributed by atoms with E-state index in [2.05, 4.69) is 9.88 Å². The first kappa shape index (κ1) is 15.3. The van der Waals surface area contributed by atoms with E-state index in [0.717, 1.165) is 48.6 Å². The van der Waals surface area contributed by atoms with E-state index in [1.807, 2.05) is 38.1 Å². The lowest BCUT2D eigenvalue weighted by molar-refractivity contribution is 0.145. The highest BCUT2D eigenvalue weighted by atomic mass is 35.5. The molecule has 4 nitrogen and oxygen atoms in total. The van der Waals surface area contributed by atoms with Crippen molar-refractivity contribution in [3.05, 3.63) is 40.5 Å². The Morgan fingerprint density at radius 1 is 1.14 bits per heavy atom. The lowest BCUT2D eigenvalue weighted by atomic mass is 10.1. The predicted octanol–water partition coefficient (Wildman–Crippen LogP) is 3.37. The Kier molecular flexibility index (Phi) is 4.32. The number of hydrogen-bond donors (Lipinski definition) is 1. The number of aliphatic hydroxyl groups is 1. The normalized spacial score (nSPS) is 16.1. The molecule has 2 aromatic rings. The second-order valence-electron chi connectivity index (χ2n) is 5.78. The van der Waals surface area contributed by atoms with Crippen LogP contribution >= 0.6 is 11.6 Å². The Labute approximate surface area is 135 Å². The van der Waals surface area contributed by atoms with Crippen molar-refractivity contribution in [2.75, 3.05) is 18.0 Å². The van der Waals surface area contributed by atoms with Crippen LogP contribution in [0.25, 0.3) is 11.4 Å². The van der Waals surface area contributed by atoms with Gasteiger partial charge in [-0.1, -0.05) is 23.7 Å². The molecule has 0 radical (unpaired) electrons. The molecule has 0 aliphatic carbocycles. The summed E-state index contributed by atoms with van der Waals surface area (Å²) in [5, 5.41) is 10.3. The van der Waals surface area contributed by atoms with Gasteiger partial charge in [-0.05, 0) is 38.8 Å². The smallest absolute Gasteiger partial charge is 0.163 e. The molecule has 0 atom stereocenters. The number of halogens is 1. The molecule has 1 aromatic carbocycles. The van der Waals surface area contributed by atoms with Gasteiger partial charge in [0.15, 0.2) is 5.82 Å². The SMILES string of the molecule is Cc1nc(-c2ccccc2Cl)nc(N2CCC(O)CC2)c1C. The highest BCUT2D eigenvalue weighted by molar-refractivity contribution is 6.33. The van der Waals surface area contributed by atoms with E-state index < -0.39 is 0 Å². The summed E-state index contributed by atoms with van der Waals surface area (Å²) < 4.78 is 0. The first-order valence-electron chi connectivity index (χ1n) is 7.59. The van der Waals surface area contributed by atoms with Gasteiger partial charge in [-0.3, -0.25) is 0 Å². The standard InChI is InChI=1S/C17H20ClN3O/c1-11-12(2)19-16(14-5-3-4-6-15(14)18)20-17(11)21-9-7-13(22)8-10-21/h3-6,13,22H,7-10H2,1-2H3. The van der Waals surface area contributed by atoms with Crippen LogP contribution in [-0.4, -0.2) is 34.3 Å². The summed E-state index contributed by atoms with van der Waals surface area (Å²) >= 11 is 6.28. The molecular formula is C17H20ClN3O. The minimum Gasteiger partial charge on any atom is -0.393 e. The average molecular weight is 318 g/mol. The first-order valence-corrected chi connectivity index (χ1v) is 7.97. The van der Waals surface area contributed by atoms with Gasteiger partial charge in [0.2, 0.25) is 0 Å². The zero-order valence-corrected chi connectivity index (χ0v) is 13.6. The van der Waals surface area contributed by atoms with Gasteiger partial charge in [-0.15, -0.1) is 0 Å². The highest BCUT2D eigenvalue weighted by Crippen LogP contribution is 2.30. The van der Waals surface area contributed by atoms with Crippen molar-refractivity contribution in [1.29, 1.82) is 0 Å². The molecule has 1 aliphatic rings. The Balaban J connectivity index is 2.02. The molecule has 0 amide bonds. The van der Waals surface area contributed by atoms with Crippen LogP contribution in [0, 0.1) is 13.8 Å². The van der Waals surface area contributed by atoms with E-state index in [1.54, 1.807) is 0 Å². The molecule has 2 heterocycles. The van der Waals surface area contributed by atoms with E-state index in [9.17, 15) is 5.11 Å². The van der Waals surface area contributed by atoms with Crippen LogP contribution in [0.2, 0.25) is 5.02 Å². The summed E-state index contributed by atoms with van der Waals surface area (Å²) in [6.45, 7) is 5.69. The highest BCUT2D eigenvalue weighted by Gasteiger charge is 2.21. The molecule has 1 N–H and O–H groups in total. The Hall–Kier alpha value is -1.65. The maximum absolute atomic E-state index is 9.69. The van der Waals surface area contributed by atoms with E-state index in [-0.39, 0.29) is 6.10 Å². The molecule has 0 unspecified atom stereocenters. The number of piperidine rings is 1. The summed E-state index contributed by atoms with van der Waals surface area (Å²) in [5.41, 5.74) is 2.91. The van der Waals surface area contributed by atoms with Crippen LogP contribution in [0.5, 0.6) is 0 Å². The summed E-state index contributed by atoms with van der Waals surface area (Å²) in [4.78, 5) is 11.6. The quantitative estimate of drug-likeness (QED) is 0.922. The molecule has 1 aliphatic heterocycles. The van der Waals surface area contributed by atoms with Crippen molar-refractivity contribution in [2.24, 2.45) is 0 Å². The summed E-state index contributed by atoms with van der Waals surface area (Å²) in [5.74, 6) is 1.61. The summed E-state index contributed by atoms with van der Waals surface area (Å²) in [6.07, 6.45) is 1.37. The van der Waals surface area contributed by atoms with E-state index in [4.69, 9.17) is 16.6 Å². The fourth-order valence-electron chi connectivity index (χ4n) is 2.76. The third-order valence-electron chi connectivity index (χ3n) is 4.24. The Morgan fingerprint density at radius 3 is 2.50 bits per heavy atom. The van der Waals surface area contributed by atoms with Crippen LogP contribution in [0.3, 0.4) is 0 Å². The van der Waals surface area contributed by atoms with Gasteiger partial charge >= 0.3 is 0 Å². The Bertz CT molecular complexity index is 682. The monoisotopic (exact) mass is 317 g/mol. The van der Waals surface area contributed by atoms with Gasteiger partial charge in [0.1, 0.15) is 5.82 Å². The predicted molar refractivity (Wildman–Crippen MR) is 89.4 cm³/mol. The number of aromatic nitrogens is 2. The lowest BCUT2D eigenvalue weighted by Gasteiger charge is -2.32. The third kappa shape index (κ3) is 2.94. The van der Waals surface area contributed by atoms with Crippen molar-refractivity contribution in [2.45, 2.75) is 32.8 Å². The largest absolute Gasteiger partial charge is 0.393 e. The molecular weight excluding hydrogens is 298 g/mol. The molecule has 0 saturated carbocycles. The second-order valence-corrected chi connectivity index (χ2v) is 6.19. The van der Waals surface area contributed by atoms with Crippen LogP contribution < -0.4 is 4.90 Å². The van der Waals surface area contributed by atoms with Crippen LogP contribution in [0.4, 0.5) is 5.82 Å². The number of aryl methyl sites for hydroxylation is 1. The summed E-state index contributed by atoms with van der Waals surface area (Å²) in [6, 6.07) is 7.64. The minimum absolute atomic E-state index is 0.192. The first-order chi connectivity index (χ1) is 10.6. The minimum atomic E-state index is -0.192. The maximum atomic E-state index is 9.69. The fourth-order valence-corrected chi connectivity index (χ4v) is 2.98. The van der Waals surface area contributed by atoms with Crippen molar-refractivity contribution >= 4 is 17.4 Å². The van der Waals surface area contributed by atoms with Crippen LogP contribution in [0.1, 0.15) is 24.1 Å². The zero-order valence-electron chi connectivity index (χ0n) is 12.9. The van der Waals surface area contributed by atoms with Crippen LogP contribution in [0.15, 0.2) is 24.3 Å². The molecule has 116 valence electrons. The van der Waals surface area contributed by atoms with Gasteiger partial charge < -0.3 is 10.0 Å². The molecule has 22 heavy (non-hydrogen) atoms. The topological polar surface area (TPSA) is 49.2 Å². The van der Waals surface area contributed by atoms with E-state index >= 15 is 0 Å². The molecule has 1 saturated heterocycles.